The van der Waals surface area contributed by atoms with E-state index in [1.807, 2.05) is 86.0 Å². The van der Waals surface area contributed by atoms with Gasteiger partial charge in [-0.2, -0.15) is 0 Å². The number of amidine groups is 2. The minimum atomic E-state index is -0.560. The highest BCUT2D eigenvalue weighted by atomic mass is 16.6. The van der Waals surface area contributed by atoms with Crippen molar-refractivity contribution in [1.82, 2.24) is 20.0 Å². The summed E-state index contributed by atoms with van der Waals surface area (Å²) in [5.41, 5.74) is 1.69. The van der Waals surface area contributed by atoms with E-state index in [1.54, 1.807) is 0 Å². The number of rotatable bonds is 9. The lowest BCUT2D eigenvalue weighted by molar-refractivity contribution is 0.00275. The SMILES string of the molecule is CC(=N)N(C(=N)C1CC2(CCN(C(=O)OCc3ccccc3)CC2)C1)C1CC2CCC(C1)N2CC[C@H](NC(=O)OC(C)(C)C)c1ccccc1. The molecule has 4 fully saturated rings. The summed E-state index contributed by atoms with van der Waals surface area (Å²) in [6.45, 7) is 10.0. The fourth-order valence-corrected chi connectivity index (χ4v) is 8.97. The van der Waals surface area contributed by atoms with Gasteiger partial charge in [-0.25, -0.2) is 9.59 Å². The van der Waals surface area contributed by atoms with Gasteiger partial charge in [-0.05, 0) is 102 Å². The quantitative estimate of drug-likeness (QED) is 0.184. The molecule has 2 unspecified atom stereocenters. The second-order valence-electron chi connectivity index (χ2n) is 16.1. The van der Waals surface area contributed by atoms with E-state index in [1.165, 1.54) is 0 Å². The van der Waals surface area contributed by atoms with E-state index in [0.29, 0.717) is 43.5 Å². The van der Waals surface area contributed by atoms with Crippen LogP contribution in [-0.4, -0.2) is 81.9 Å². The first kappa shape index (κ1) is 35.9. The molecule has 1 aliphatic carbocycles. The third-order valence-corrected chi connectivity index (χ3v) is 11.4. The number of fused-ring (bicyclic) bond motifs is 2. The number of hydrogen-bond donors (Lipinski definition) is 3. The summed E-state index contributed by atoms with van der Waals surface area (Å²) in [5, 5.41) is 21.2. The van der Waals surface area contributed by atoms with Gasteiger partial charge < -0.3 is 24.6 Å². The van der Waals surface area contributed by atoms with E-state index in [9.17, 15) is 15.0 Å². The van der Waals surface area contributed by atoms with Crippen LogP contribution in [0.5, 0.6) is 0 Å². The van der Waals surface area contributed by atoms with Crippen LogP contribution in [0, 0.1) is 22.2 Å². The summed E-state index contributed by atoms with van der Waals surface area (Å²) in [5.74, 6) is 1.24. The lowest BCUT2D eigenvalue weighted by Crippen LogP contribution is -2.57. The van der Waals surface area contributed by atoms with Crippen LogP contribution < -0.4 is 5.32 Å². The molecule has 3 atom stereocenters. The van der Waals surface area contributed by atoms with Crippen LogP contribution >= 0.6 is 0 Å². The van der Waals surface area contributed by atoms with Gasteiger partial charge in [0, 0.05) is 43.7 Å². The molecule has 270 valence electrons. The molecule has 3 aliphatic heterocycles. The Bertz CT molecular complexity index is 1480. The number of ether oxygens (including phenoxy) is 2. The van der Waals surface area contributed by atoms with Gasteiger partial charge >= 0.3 is 12.2 Å². The summed E-state index contributed by atoms with van der Waals surface area (Å²) in [7, 11) is 0. The van der Waals surface area contributed by atoms with Crippen molar-refractivity contribution in [2.75, 3.05) is 19.6 Å². The van der Waals surface area contributed by atoms with Crippen molar-refractivity contribution >= 4 is 23.9 Å². The summed E-state index contributed by atoms with van der Waals surface area (Å²) in [4.78, 5) is 32.0. The molecular formula is C40H56N6O4. The highest BCUT2D eigenvalue weighted by Gasteiger charge is 2.51. The predicted octanol–water partition coefficient (Wildman–Crippen LogP) is 7.74. The highest BCUT2D eigenvalue weighted by Crippen LogP contribution is 2.53. The lowest BCUT2D eigenvalue weighted by atomic mass is 9.57. The lowest BCUT2D eigenvalue weighted by Gasteiger charge is -2.54. The molecular weight excluding hydrogens is 628 g/mol. The summed E-state index contributed by atoms with van der Waals surface area (Å²) < 4.78 is 11.2. The first-order valence-electron chi connectivity index (χ1n) is 18.6. The summed E-state index contributed by atoms with van der Waals surface area (Å²) in [6, 6.07) is 20.8. The van der Waals surface area contributed by atoms with Gasteiger partial charge in [0.15, 0.2) is 0 Å². The zero-order chi connectivity index (χ0) is 35.5. The zero-order valence-corrected chi connectivity index (χ0v) is 30.3. The van der Waals surface area contributed by atoms with Gasteiger partial charge in [-0.3, -0.25) is 15.7 Å². The Labute approximate surface area is 297 Å². The van der Waals surface area contributed by atoms with Crippen LogP contribution in [0.25, 0.3) is 0 Å². The maximum absolute atomic E-state index is 12.8. The second-order valence-corrected chi connectivity index (χ2v) is 16.1. The Kier molecular flexibility index (Phi) is 10.9. The minimum Gasteiger partial charge on any atom is -0.445 e. The third kappa shape index (κ3) is 8.50. The van der Waals surface area contributed by atoms with Crippen molar-refractivity contribution in [2.45, 2.75) is 122 Å². The molecule has 1 saturated carbocycles. The molecule has 2 aromatic rings. The second kappa shape index (κ2) is 15.1. The minimum absolute atomic E-state index is 0.144. The number of benzene rings is 2. The van der Waals surface area contributed by atoms with Gasteiger partial charge in [0.25, 0.3) is 0 Å². The molecule has 3 saturated heterocycles. The fourth-order valence-electron chi connectivity index (χ4n) is 8.97. The number of piperidine rings is 2. The van der Waals surface area contributed by atoms with Crippen LogP contribution in [0.4, 0.5) is 9.59 Å². The number of hydrogen-bond acceptors (Lipinski definition) is 7. The standard InChI is InChI=1S/C40H56N6O4/c1-28(41)46(36(42)31-25-40(26-31)18-21-44(22-19-40)38(48)49-27-29-11-7-5-8-12-29)34-23-32-15-16-33(24-34)45(32)20-17-35(30-13-9-6-10-14-30)43-37(47)50-39(2,3)4/h5-14,31-35,41-42H,15-27H2,1-4H3,(H,43,47)/t32?,33?,34?,35-/m0/s1. The number of alkyl carbamates (subject to hydrolysis) is 1. The van der Waals surface area contributed by atoms with E-state index < -0.39 is 11.7 Å². The number of carbonyl (C=O) groups is 2. The van der Waals surface area contributed by atoms with Crippen molar-refractivity contribution in [2.24, 2.45) is 11.3 Å². The van der Waals surface area contributed by atoms with Crippen molar-refractivity contribution in [3.63, 3.8) is 0 Å². The van der Waals surface area contributed by atoms with Crippen molar-refractivity contribution in [1.29, 1.82) is 10.8 Å². The molecule has 2 aromatic carbocycles. The zero-order valence-electron chi connectivity index (χ0n) is 30.3. The fraction of sp³-hybridized carbons (Fsp3) is 0.600. The third-order valence-electron chi connectivity index (χ3n) is 11.4. The first-order valence-corrected chi connectivity index (χ1v) is 18.6. The molecule has 0 radical (unpaired) electrons. The molecule has 50 heavy (non-hydrogen) atoms. The average Bonchev–Trinajstić information content (AvgIpc) is 3.30. The van der Waals surface area contributed by atoms with E-state index >= 15 is 0 Å². The van der Waals surface area contributed by atoms with Crippen LogP contribution in [0.1, 0.15) is 103 Å². The van der Waals surface area contributed by atoms with Gasteiger partial charge in [-0.15, -0.1) is 0 Å². The Morgan fingerprint density at radius 3 is 2.14 bits per heavy atom. The number of amides is 2. The predicted molar refractivity (Wildman–Crippen MR) is 195 cm³/mol. The molecule has 2 amide bonds. The molecule has 3 heterocycles. The molecule has 2 bridgehead atoms. The van der Waals surface area contributed by atoms with Gasteiger partial charge in [0.2, 0.25) is 0 Å². The number of nitrogens with zero attached hydrogens (tertiary/aromatic N) is 3. The van der Waals surface area contributed by atoms with Crippen LogP contribution in [0.3, 0.4) is 0 Å². The van der Waals surface area contributed by atoms with E-state index in [2.05, 4.69) is 22.3 Å². The van der Waals surface area contributed by atoms with Crippen molar-refractivity contribution < 1.29 is 19.1 Å². The van der Waals surface area contributed by atoms with E-state index in [-0.39, 0.29) is 29.5 Å². The van der Waals surface area contributed by atoms with Crippen molar-refractivity contribution in [3.05, 3.63) is 71.8 Å². The highest BCUT2D eigenvalue weighted by molar-refractivity contribution is 5.99. The topological polar surface area (TPSA) is 122 Å². The van der Waals surface area contributed by atoms with Gasteiger partial charge in [0.1, 0.15) is 18.0 Å². The molecule has 4 aliphatic rings. The monoisotopic (exact) mass is 684 g/mol. The van der Waals surface area contributed by atoms with Crippen molar-refractivity contribution in [3.8, 4) is 0 Å². The Hall–Kier alpha value is -3.92. The smallest absolute Gasteiger partial charge is 0.410 e. The largest absolute Gasteiger partial charge is 0.445 e. The molecule has 0 aromatic heterocycles. The Morgan fingerprint density at radius 2 is 1.56 bits per heavy atom. The number of nitrogens with one attached hydrogen (secondary N) is 3. The Balaban J connectivity index is 0.998. The summed E-state index contributed by atoms with van der Waals surface area (Å²) in [6.07, 6.45) is 8.10. The number of carbonyl (C=O) groups excluding carboxylic acids is 2. The van der Waals surface area contributed by atoms with Crippen LogP contribution in [0.15, 0.2) is 60.7 Å². The van der Waals surface area contributed by atoms with E-state index in [0.717, 1.165) is 75.5 Å². The maximum Gasteiger partial charge on any atom is 0.410 e. The normalized spacial score (nSPS) is 23.8. The Morgan fingerprint density at radius 1 is 0.960 bits per heavy atom. The number of likely N-dealkylation sites (tertiary alicyclic amines) is 1. The van der Waals surface area contributed by atoms with Gasteiger partial charge in [-0.1, -0.05) is 60.7 Å². The van der Waals surface area contributed by atoms with E-state index in [4.69, 9.17) is 14.9 Å². The van der Waals surface area contributed by atoms with Gasteiger partial charge in [0.05, 0.1) is 11.9 Å². The first-order chi connectivity index (χ1) is 23.9. The molecule has 1 spiro atoms. The molecule has 6 rings (SSSR count). The van der Waals surface area contributed by atoms with Crippen LogP contribution in [0.2, 0.25) is 0 Å². The molecule has 10 nitrogen and oxygen atoms in total. The maximum atomic E-state index is 12.8. The van der Waals surface area contributed by atoms with Crippen LogP contribution in [-0.2, 0) is 16.1 Å². The molecule has 3 N–H and O–H groups in total. The average molecular weight is 685 g/mol. The summed E-state index contributed by atoms with van der Waals surface area (Å²) >= 11 is 0. The molecule has 10 heteroatoms.